The van der Waals surface area contributed by atoms with Crippen molar-refractivity contribution in [2.75, 3.05) is 6.26 Å². The molecular weight excluding hydrogens is 360 g/mol. The molecule has 1 atom stereocenters. The minimum Gasteiger partial charge on any atom is -0.362 e. The maximum atomic E-state index is 12.3. The van der Waals surface area contributed by atoms with Gasteiger partial charge in [-0.25, -0.2) is 0 Å². The van der Waals surface area contributed by atoms with E-state index in [4.69, 9.17) is 4.99 Å². The first-order chi connectivity index (χ1) is 11.7. The molecule has 26 heavy (non-hydrogen) atoms. The highest BCUT2D eigenvalue weighted by molar-refractivity contribution is 8.15. The fraction of sp³-hybridized carbons (Fsp3) is 0.714. The Bertz CT molecular complexity index is 681. The number of carbonyl (C=O) groups is 1. The van der Waals surface area contributed by atoms with Gasteiger partial charge in [-0.3, -0.25) is 9.79 Å². The number of thioether (sulfide) groups is 2. The predicted molar refractivity (Wildman–Crippen MR) is 118 cm³/mol. The van der Waals surface area contributed by atoms with Gasteiger partial charge in [0.15, 0.2) is 0 Å². The molecule has 2 aliphatic rings. The largest absolute Gasteiger partial charge is 0.362 e. The zero-order chi connectivity index (χ0) is 20.0. The van der Waals surface area contributed by atoms with Gasteiger partial charge in [0.05, 0.1) is 10.6 Å². The van der Waals surface area contributed by atoms with Crippen LogP contribution in [0, 0.1) is 10.8 Å². The van der Waals surface area contributed by atoms with Crippen LogP contribution in [0.25, 0.3) is 0 Å². The zero-order valence-corrected chi connectivity index (χ0v) is 19.4. The summed E-state index contributed by atoms with van der Waals surface area (Å²) in [5.74, 6) is 0. The van der Waals surface area contributed by atoms with Crippen molar-refractivity contribution in [1.29, 1.82) is 0 Å². The van der Waals surface area contributed by atoms with Gasteiger partial charge in [0.2, 0.25) is 5.12 Å². The third kappa shape index (κ3) is 4.78. The molecule has 0 saturated carbocycles. The molecule has 146 valence electrons. The normalized spacial score (nSPS) is 30.6. The van der Waals surface area contributed by atoms with Crippen molar-refractivity contribution in [2.24, 2.45) is 15.8 Å². The molecule has 5 heteroatoms. The molecule has 1 saturated heterocycles. The highest BCUT2D eigenvalue weighted by Crippen LogP contribution is 2.49. The summed E-state index contributed by atoms with van der Waals surface area (Å²) in [6.45, 7) is 17.5. The number of nitrogens with zero attached hydrogens (tertiary/aromatic N) is 1. The van der Waals surface area contributed by atoms with Crippen LogP contribution in [-0.2, 0) is 4.79 Å². The molecule has 0 aliphatic carbocycles. The predicted octanol–water partition coefficient (Wildman–Crippen LogP) is 5.78. The van der Waals surface area contributed by atoms with Crippen LogP contribution in [-0.4, -0.2) is 26.7 Å². The fourth-order valence-corrected chi connectivity index (χ4v) is 4.97. The van der Waals surface area contributed by atoms with Crippen LogP contribution in [0.5, 0.6) is 0 Å². The van der Waals surface area contributed by atoms with Crippen molar-refractivity contribution in [1.82, 2.24) is 5.32 Å². The molecular formula is C21H34N2OS2. The number of allylic oxidation sites excluding steroid dienone is 2. The molecule has 0 aromatic rings. The number of hydrogen-bond acceptors (Lipinski definition) is 5. The fourth-order valence-electron chi connectivity index (χ4n) is 3.38. The first-order valence-electron chi connectivity index (χ1n) is 9.24. The molecule has 1 N–H and O–H groups in total. The topological polar surface area (TPSA) is 41.5 Å². The smallest absolute Gasteiger partial charge is 0.214 e. The second-order valence-corrected chi connectivity index (χ2v) is 12.6. The van der Waals surface area contributed by atoms with Gasteiger partial charge in [-0.2, -0.15) is 0 Å². The average Bonchev–Trinajstić information content (AvgIpc) is 2.81. The van der Waals surface area contributed by atoms with Crippen molar-refractivity contribution in [2.45, 2.75) is 78.5 Å². The molecule has 3 nitrogen and oxygen atoms in total. The number of rotatable bonds is 2. The first-order valence-corrected chi connectivity index (χ1v) is 11.3. The van der Waals surface area contributed by atoms with Crippen LogP contribution in [0.3, 0.4) is 0 Å². The number of nitrogens with one attached hydrogen (secondary N) is 1. The summed E-state index contributed by atoms with van der Waals surface area (Å²) < 4.78 is -0.0643. The third-order valence-electron chi connectivity index (χ3n) is 5.34. The van der Waals surface area contributed by atoms with Crippen LogP contribution < -0.4 is 5.32 Å². The molecule has 1 fully saturated rings. The van der Waals surface area contributed by atoms with E-state index in [9.17, 15) is 4.79 Å². The van der Waals surface area contributed by atoms with E-state index in [1.807, 2.05) is 0 Å². The van der Waals surface area contributed by atoms with Crippen LogP contribution in [0.2, 0.25) is 0 Å². The molecule has 0 aromatic carbocycles. The highest BCUT2D eigenvalue weighted by atomic mass is 32.2. The lowest BCUT2D eigenvalue weighted by Gasteiger charge is -2.35. The molecule has 0 bridgehead atoms. The molecule has 0 radical (unpaired) electrons. The van der Waals surface area contributed by atoms with E-state index in [-0.39, 0.29) is 26.2 Å². The number of aliphatic imine (C=N–C) groups is 1. The minimum absolute atomic E-state index is 0.0186. The second kappa shape index (κ2) is 7.05. The second-order valence-electron chi connectivity index (χ2n) is 9.86. The van der Waals surface area contributed by atoms with E-state index in [0.717, 1.165) is 18.5 Å². The summed E-state index contributed by atoms with van der Waals surface area (Å²) in [5, 5.41) is 4.87. The first kappa shape index (κ1) is 21.6. The lowest BCUT2D eigenvalue weighted by molar-refractivity contribution is -0.107. The SMILES string of the molecule is CSC1=NC(C)(/C=C2\N/C(=C/C(=O)SC(C)(C)C)CC2(C)C)C(C)(C)C1. The van der Waals surface area contributed by atoms with Gasteiger partial charge < -0.3 is 5.32 Å². The minimum atomic E-state index is -0.232. The molecule has 2 aliphatic heterocycles. The lowest BCUT2D eigenvalue weighted by atomic mass is 9.72. The van der Waals surface area contributed by atoms with Crippen molar-refractivity contribution in [3.63, 3.8) is 0 Å². The Hall–Kier alpha value is -0.680. The monoisotopic (exact) mass is 394 g/mol. The Morgan fingerprint density at radius 3 is 2.27 bits per heavy atom. The van der Waals surface area contributed by atoms with Crippen LogP contribution in [0.4, 0.5) is 0 Å². The quantitative estimate of drug-likeness (QED) is 0.603. The van der Waals surface area contributed by atoms with Gasteiger partial charge in [0, 0.05) is 34.1 Å². The van der Waals surface area contributed by atoms with Crippen molar-refractivity contribution in [3.05, 3.63) is 23.5 Å². The molecule has 1 unspecified atom stereocenters. The number of carbonyl (C=O) groups excluding carboxylic acids is 1. The van der Waals surface area contributed by atoms with E-state index < -0.39 is 0 Å². The Morgan fingerprint density at radius 2 is 1.77 bits per heavy atom. The number of hydrogen-bond donors (Lipinski definition) is 1. The third-order valence-corrected chi connectivity index (χ3v) is 6.98. The van der Waals surface area contributed by atoms with E-state index in [2.05, 4.69) is 73.0 Å². The molecule has 0 spiro atoms. The Labute approximate surface area is 168 Å². The molecule has 2 heterocycles. The average molecular weight is 395 g/mol. The summed E-state index contributed by atoms with van der Waals surface area (Å²) in [6, 6.07) is 0. The van der Waals surface area contributed by atoms with E-state index in [1.54, 1.807) is 17.8 Å². The van der Waals surface area contributed by atoms with Crippen LogP contribution in [0.1, 0.15) is 68.2 Å². The van der Waals surface area contributed by atoms with Gasteiger partial charge in [0.1, 0.15) is 0 Å². The Kier molecular flexibility index (Phi) is 5.86. The summed E-state index contributed by atoms with van der Waals surface area (Å²) in [7, 11) is 0. The lowest BCUT2D eigenvalue weighted by Crippen LogP contribution is -2.36. The van der Waals surface area contributed by atoms with Gasteiger partial charge in [-0.05, 0) is 31.1 Å². The Morgan fingerprint density at radius 1 is 1.15 bits per heavy atom. The van der Waals surface area contributed by atoms with Crippen molar-refractivity contribution in [3.8, 4) is 0 Å². The maximum absolute atomic E-state index is 12.3. The summed E-state index contributed by atoms with van der Waals surface area (Å²) in [4.78, 5) is 17.4. The van der Waals surface area contributed by atoms with Gasteiger partial charge in [-0.1, -0.05) is 60.2 Å². The summed E-state index contributed by atoms with van der Waals surface area (Å²) in [5.41, 5.74) is 2.02. The van der Waals surface area contributed by atoms with Gasteiger partial charge in [-0.15, -0.1) is 11.8 Å². The summed E-state index contributed by atoms with van der Waals surface area (Å²) in [6.07, 6.45) is 8.05. The van der Waals surface area contributed by atoms with E-state index in [1.165, 1.54) is 22.5 Å². The molecule has 0 amide bonds. The van der Waals surface area contributed by atoms with E-state index >= 15 is 0 Å². The van der Waals surface area contributed by atoms with Crippen LogP contribution >= 0.6 is 23.5 Å². The highest BCUT2D eigenvalue weighted by Gasteiger charge is 2.47. The van der Waals surface area contributed by atoms with Gasteiger partial charge >= 0.3 is 0 Å². The van der Waals surface area contributed by atoms with E-state index in [0.29, 0.717) is 0 Å². The zero-order valence-electron chi connectivity index (χ0n) is 17.7. The van der Waals surface area contributed by atoms with Crippen LogP contribution in [0.15, 0.2) is 28.5 Å². The maximum Gasteiger partial charge on any atom is 0.214 e. The molecule has 2 rings (SSSR count). The Balaban J connectivity index is 2.29. The summed E-state index contributed by atoms with van der Waals surface area (Å²) >= 11 is 3.13. The van der Waals surface area contributed by atoms with Crippen molar-refractivity contribution < 1.29 is 4.79 Å². The van der Waals surface area contributed by atoms with Crippen molar-refractivity contribution >= 4 is 33.7 Å². The standard InChI is InChI=1S/C21H34N2OS2/c1-18(2,3)26-17(24)10-14-11-19(4,5)15(22-14)12-21(8)20(6,7)13-16(23-21)25-9/h10,12,22H,11,13H2,1-9H3/b14-10+,15-12-. The molecule has 0 aromatic heterocycles. The van der Waals surface area contributed by atoms with Gasteiger partial charge in [0.25, 0.3) is 0 Å².